The van der Waals surface area contributed by atoms with Gasteiger partial charge >= 0.3 is 0 Å². The topological polar surface area (TPSA) is 67.7 Å². The van der Waals surface area contributed by atoms with Crippen molar-refractivity contribution in [2.75, 3.05) is 50.9 Å². The average molecular weight is 417 g/mol. The number of hydrogen-bond acceptors (Lipinski definition) is 6. The minimum Gasteiger partial charge on any atom is -0.379 e. The molecule has 7 nitrogen and oxygen atoms in total. The first-order chi connectivity index (χ1) is 14.2. The quantitative estimate of drug-likeness (QED) is 0.735. The maximum Gasteiger partial charge on any atom is 0.261 e. The zero-order valence-corrected chi connectivity index (χ0v) is 17.5. The predicted molar refractivity (Wildman–Crippen MR) is 115 cm³/mol. The van der Waals surface area contributed by atoms with Gasteiger partial charge in [0.25, 0.3) is 5.56 Å². The van der Waals surface area contributed by atoms with Crippen LogP contribution in [-0.2, 0) is 16.1 Å². The van der Waals surface area contributed by atoms with Crippen molar-refractivity contribution < 1.29 is 9.53 Å². The van der Waals surface area contributed by atoms with E-state index in [1.165, 1.54) is 0 Å². The lowest BCUT2D eigenvalue weighted by Gasteiger charge is -2.35. The molecule has 1 aromatic carbocycles. The fourth-order valence-electron chi connectivity index (χ4n) is 4.02. The zero-order chi connectivity index (χ0) is 20.1. The summed E-state index contributed by atoms with van der Waals surface area (Å²) in [4.78, 5) is 34.6. The van der Waals surface area contributed by atoms with Crippen molar-refractivity contribution in [3.05, 3.63) is 40.9 Å². The average Bonchev–Trinajstić information content (AvgIpc) is 2.99. The highest BCUT2D eigenvalue weighted by Crippen LogP contribution is 2.19. The molecule has 0 bridgehead atoms. The van der Waals surface area contributed by atoms with E-state index in [4.69, 9.17) is 4.74 Å². The van der Waals surface area contributed by atoms with E-state index in [2.05, 4.69) is 14.8 Å². The van der Waals surface area contributed by atoms with Gasteiger partial charge in [0, 0.05) is 44.9 Å². The van der Waals surface area contributed by atoms with Gasteiger partial charge in [0.15, 0.2) is 0 Å². The van der Waals surface area contributed by atoms with Crippen LogP contribution in [0.25, 0.3) is 10.9 Å². The number of fused-ring (bicyclic) bond motifs is 1. The molecule has 0 radical (unpaired) electrons. The number of aryl methyl sites for hydroxylation is 1. The molecule has 1 amide bonds. The van der Waals surface area contributed by atoms with Crippen LogP contribution in [0, 0.1) is 0 Å². The second-order valence-corrected chi connectivity index (χ2v) is 8.74. The molecule has 2 fully saturated rings. The highest BCUT2D eigenvalue weighted by atomic mass is 32.2. The van der Waals surface area contributed by atoms with Crippen molar-refractivity contribution in [2.45, 2.75) is 25.4 Å². The number of rotatable bonds is 5. The smallest absolute Gasteiger partial charge is 0.261 e. The number of nitrogens with zero attached hydrogens (tertiary/aromatic N) is 4. The van der Waals surface area contributed by atoms with Crippen molar-refractivity contribution in [1.29, 1.82) is 0 Å². The number of hydrogen-bond donors (Lipinski definition) is 0. The summed E-state index contributed by atoms with van der Waals surface area (Å²) in [5.74, 6) is 2.20. The van der Waals surface area contributed by atoms with Crippen LogP contribution in [-0.4, -0.2) is 82.2 Å². The van der Waals surface area contributed by atoms with Gasteiger partial charge < -0.3 is 9.64 Å². The molecule has 2 aromatic rings. The first kappa shape index (κ1) is 20.4. The summed E-state index contributed by atoms with van der Waals surface area (Å²) in [5, 5.41) is 0.596. The first-order valence-corrected chi connectivity index (χ1v) is 11.5. The van der Waals surface area contributed by atoms with E-state index >= 15 is 0 Å². The molecule has 3 heterocycles. The zero-order valence-electron chi connectivity index (χ0n) is 16.7. The number of morpholine rings is 1. The van der Waals surface area contributed by atoms with Crippen molar-refractivity contribution in [1.82, 2.24) is 19.4 Å². The lowest BCUT2D eigenvalue weighted by atomic mass is 10.2. The van der Waals surface area contributed by atoms with Crippen LogP contribution in [0.3, 0.4) is 0 Å². The van der Waals surface area contributed by atoms with Crippen LogP contribution in [0.4, 0.5) is 0 Å². The summed E-state index contributed by atoms with van der Waals surface area (Å²) in [6.45, 7) is 5.47. The highest BCUT2D eigenvalue weighted by Gasteiger charge is 2.28. The Kier molecular flexibility index (Phi) is 6.84. The van der Waals surface area contributed by atoms with Gasteiger partial charge in [-0.15, -0.1) is 0 Å². The van der Waals surface area contributed by atoms with Crippen LogP contribution in [0.5, 0.6) is 0 Å². The standard InChI is InChI=1S/C21H28N4O3S/c26-20(6-8-24-16-22-19-5-2-1-4-18(19)21(24)27)25-7-3-13-29-15-17(25)14-23-9-11-28-12-10-23/h1-2,4-5,16-17H,3,6-15H2. The van der Waals surface area contributed by atoms with Crippen LogP contribution in [0.15, 0.2) is 35.4 Å². The van der Waals surface area contributed by atoms with E-state index in [-0.39, 0.29) is 17.5 Å². The molecule has 4 rings (SSSR count). The molecular formula is C21H28N4O3S. The summed E-state index contributed by atoms with van der Waals surface area (Å²) in [5.41, 5.74) is 0.606. The van der Waals surface area contributed by atoms with E-state index in [0.717, 1.165) is 57.3 Å². The van der Waals surface area contributed by atoms with Gasteiger partial charge in [0.1, 0.15) is 0 Å². The Balaban J connectivity index is 1.42. The van der Waals surface area contributed by atoms with Crippen LogP contribution < -0.4 is 5.56 Å². The molecule has 0 saturated carbocycles. The number of benzene rings is 1. The van der Waals surface area contributed by atoms with Crippen molar-refractivity contribution in [2.24, 2.45) is 0 Å². The SMILES string of the molecule is O=C(CCn1cnc2ccccc2c1=O)N1CCCSCC1CN1CCOCC1. The summed E-state index contributed by atoms with van der Waals surface area (Å²) < 4.78 is 7.01. The van der Waals surface area contributed by atoms with E-state index in [0.29, 0.717) is 23.9 Å². The van der Waals surface area contributed by atoms with Gasteiger partial charge in [-0.2, -0.15) is 11.8 Å². The van der Waals surface area contributed by atoms with Gasteiger partial charge in [-0.3, -0.25) is 19.1 Å². The summed E-state index contributed by atoms with van der Waals surface area (Å²) in [7, 11) is 0. The predicted octanol–water partition coefficient (Wildman–Crippen LogP) is 1.45. The number of amides is 1. The van der Waals surface area contributed by atoms with E-state index < -0.39 is 0 Å². The van der Waals surface area contributed by atoms with Crippen LogP contribution in [0.1, 0.15) is 12.8 Å². The van der Waals surface area contributed by atoms with Crippen molar-refractivity contribution >= 4 is 28.6 Å². The van der Waals surface area contributed by atoms with Crippen molar-refractivity contribution in [3.8, 4) is 0 Å². The minimum atomic E-state index is -0.0836. The van der Waals surface area contributed by atoms with Crippen molar-refractivity contribution in [3.63, 3.8) is 0 Å². The van der Waals surface area contributed by atoms with E-state index in [1.54, 1.807) is 17.0 Å². The monoisotopic (exact) mass is 416 g/mol. The molecule has 2 saturated heterocycles. The normalized spacial score (nSPS) is 21.2. The second kappa shape index (κ2) is 9.73. The van der Waals surface area contributed by atoms with E-state index in [1.807, 2.05) is 30.0 Å². The molecule has 156 valence electrons. The molecule has 8 heteroatoms. The maximum atomic E-state index is 13.1. The van der Waals surface area contributed by atoms with Crippen LogP contribution >= 0.6 is 11.8 Å². The molecular weight excluding hydrogens is 388 g/mol. The van der Waals surface area contributed by atoms with Gasteiger partial charge in [0.05, 0.1) is 36.5 Å². The molecule has 29 heavy (non-hydrogen) atoms. The number of aromatic nitrogens is 2. The van der Waals surface area contributed by atoms with Gasteiger partial charge in [-0.25, -0.2) is 4.98 Å². The molecule has 1 atom stereocenters. The summed E-state index contributed by atoms with van der Waals surface area (Å²) in [6.07, 6.45) is 2.90. The Morgan fingerprint density at radius 3 is 2.90 bits per heavy atom. The molecule has 1 unspecified atom stereocenters. The Morgan fingerprint density at radius 2 is 2.03 bits per heavy atom. The number of thioether (sulfide) groups is 1. The summed E-state index contributed by atoms with van der Waals surface area (Å²) >= 11 is 1.93. The number of carbonyl (C=O) groups excluding carboxylic acids is 1. The van der Waals surface area contributed by atoms with Gasteiger partial charge in [-0.1, -0.05) is 12.1 Å². The van der Waals surface area contributed by atoms with Gasteiger partial charge in [-0.05, 0) is 24.3 Å². The summed E-state index contributed by atoms with van der Waals surface area (Å²) in [6, 6.07) is 7.55. The molecule has 2 aliphatic rings. The van der Waals surface area contributed by atoms with Crippen LogP contribution in [0.2, 0.25) is 0 Å². The second-order valence-electron chi connectivity index (χ2n) is 7.59. The third kappa shape index (κ3) is 4.99. The molecule has 0 spiro atoms. The largest absolute Gasteiger partial charge is 0.379 e. The Bertz CT molecular complexity index is 897. The van der Waals surface area contributed by atoms with E-state index in [9.17, 15) is 9.59 Å². The first-order valence-electron chi connectivity index (χ1n) is 10.3. The maximum absolute atomic E-state index is 13.1. The number of ether oxygens (including phenoxy) is 1. The number of para-hydroxylation sites is 1. The Labute approximate surface area is 175 Å². The highest BCUT2D eigenvalue weighted by molar-refractivity contribution is 7.99. The third-order valence-electron chi connectivity index (χ3n) is 5.63. The fraction of sp³-hybridized carbons (Fsp3) is 0.571. The fourth-order valence-corrected chi connectivity index (χ4v) is 5.07. The molecule has 0 aliphatic carbocycles. The molecule has 0 N–H and O–H groups in total. The lowest BCUT2D eigenvalue weighted by Crippen LogP contribution is -2.50. The van der Waals surface area contributed by atoms with Gasteiger partial charge in [0.2, 0.25) is 5.91 Å². The Hall–Kier alpha value is -1.90. The molecule has 1 aromatic heterocycles. The Morgan fingerprint density at radius 1 is 1.21 bits per heavy atom. The lowest BCUT2D eigenvalue weighted by molar-refractivity contribution is -0.133. The third-order valence-corrected chi connectivity index (χ3v) is 6.83. The molecule has 2 aliphatic heterocycles. The number of carbonyl (C=O) groups is 1. The minimum absolute atomic E-state index is 0.0836.